The van der Waals surface area contributed by atoms with Crippen LogP contribution in [0.25, 0.3) is 0 Å². The van der Waals surface area contributed by atoms with Crippen LogP contribution >= 0.6 is 15.9 Å². The van der Waals surface area contributed by atoms with E-state index >= 15 is 0 Å². The van der Waals surface area contributed by atoms with E-state index in [4.69, 9.17) is 9.84 Å². The zero-order chi connectivity index (χ0) is 10.0. The maximum Gasteiger partial charge on any atom is 0.208 e. The molecule has 0 saturated heterocycles. The van der Waals surface area contributed by atoms with Crippen molar-refractivity contribution in [3.8, 4) is 11.5 Å². The SMILES string of the molecule is COc1c(Br)cc(CO)c(O)c1F. The Morgan fingerprint density at radius 3 is 2.69 bits per heavy atom. The van der Waals surface area contributed by atoms with Gasteiger partial charge in [0.1, 0.15) is 0 Å². The number of rotatable bonds is 2. The molecule has 0 heterocycles. The minimum atomic E-state index is -0.874. The second-order valence-corrected chi connectivity index (χ2v) is 3.23. The van der Waals surface area contributed by atoms with Crippen LogP contribution in [0.15, 0.2) is 10.5 Å². The first-order chi connectivity index (χ1) is 6.11. The van der Waals surface area contributed by atoms with Crippen LogP contribution in [0.2, 0.25) is 0 Å². The predicted octanol–water partition coefficient (Wildman–Crippen LogP) is 1.79. The fourth-order valence-electron chi connectivity index (χ4n) is 0.948. The van der Waals surface area contributed by atoms with Crippen molar-refractivity contribution in [2.24, 2.45) is 0 Å². The smallest absolute Gasteiger partial charge is 0.208 e. The number of methoxy groups -OCH3 is 1. The average Bonchev–Trinajstić information content (AvgIpc) is 2.12. The largest absolute Gasteiger partial charge is 0.504 e. The summed E-state index contributed by atoms with van der Waals surface area (Å²) in [7, 11) is 1.29. The zero-order valence-electron chi connectivity index (χ0n) is 6.84. The van der Waals surface area contributed by atoms with E-state index in [1.54, 1.807) is 0 Å². The van der Waals surface area contributed by atoms with Crippen LogP contribution in [0.3, 0.4) is 0 Å². The molecule has 13 heavy (non-hydrogen) atoms. The van der Waals surface area contributed by atoms with E-state index in [2.05, 4.69) is 15.9 Å². The van der Waals surface area contributed by atoms with Crippen LogP contribution in [-0.4, -0.2) is 17.3 Å². The molecule has 2 N–H and O–H groups in total. The van der Waals surface area contributed by atoms with Crippen molar-refractivity contribution >= 4 is 15.9 Å². The van der Waals surface area contributed by atoms with Crippen molar-refractivity contribution < 1.29 is 19.3 Å². The van der Waals surface area contributed by atoms with Crippen LogP contribution in [0, 0.1) is 5.82 Å². The summed E-state index contributed by atoms with van der Waals surface area (Å²) in [5.41, 5.74) is 0.116. The summed E-state index contributed by atoms with van der Waals surface area (Å²) in [6.45, 7) is -0.425. The van der Waals surface area contributed by atoms with Gasteiger partial charge in [0.25, 0.3) is 0 Å². The van der Waals surface area contributed by atoms with Gasteiger partial charge in [0.15, 0.2) is 11.5 Å². The number of phenols is 1. The Bertz CT molecular complexity index is 328. The second kappa shape index (κ2) is 3.93. The molecule has 0 spiro atoms. The zero-order valence-corrected chi connectivity index (χ0v) is 8.43. The van der Waals surface area contributed by atoms with Gasteiger partial charge in [-0.15, -0.1) is 0 Å². The highest BCUT2D eigenvalue weighted by Gasteiger charge is 2.16. The van der Waals surface area contributed by atoms with E-state index in [1.165, 1.54) is 13.2 Å². The molecule has 0 radical (unpaired) electrons. The van der Waals surface area contributed by atoms with Crippen LogP contribution in [0.5, 0.6) is 11.5 Å². The molecule has 0 saturated carbocycles. The monoisotopic (exact) mass is 250 g/mol. The molecule has 0 amide bonds. The summed E-state index contributed by atoms with van der Waals surface area (Å²) >= 11 is 3.05. The van der Waals surface area contributed by atoms with Gasteiger partial charge in [-0.3, -0.25) is 0 Å². The van der Waals surface area contributed by atoms with Crippen molar-refractivity contribution in [2.75, 3.05) is 7.11 Å². The number of halogens is 2. The van der Waals surface area contributed by atoms with Crippen molar-refractivity contribution in [1.29, 1.82) is 0 Å². The fourth-order valence-corrected chi connectivity index (χ4v) is 1.56. The summed E-state index contributed by atoms with van der Waals surface area (Å²) in [6.07, 6.45) is 0. The van der Waals surface area contributed by atoms with Crippen molar-refractivity contribution in [2.45, 2.75) is 6.61 Å². The second-order valence-electron chi connectivity index (χ2n) is 2.37. The van der Waals surface area contributed by atoms with Crippen molar-refractivity contribution in [3.63, 3.8) is 0 Å². The third-order valence-electron chi connectivity index (χ3n) is 1.60. The Morgan fingerprint density at radius 2 is 2.23 bits per heavy atom. The van der Waals surface area contributed by atoms with E-state index < -0.39 is 18.2 Å². The summed E-state index contributed by atoms with van der Waals surface area (Å²) in [4.78, 5) is 0. The number of hydrogen-bond donors (Lipinski definition) is 2. The standard InChI is InChI=1S/C8H8BrFO3/c1-13-8-5(9)2-4(3-11)7(12)6(8)10/h2,11-12H,3H2,1H3. The molecule has 1 rings (SSSR count). The topological polar surface area (TPSA) is 49.7 Å². The number of hydrogen-bond acceptors (Lipinski definition) is 3. The third-order valence-corrected chi connectivity index (χ3v) is 2.19. The first-order valence-corrected chi connectivity index (χ1v) is 4.25. The molecule has 1 aromatic carbocycles. The Balaban J connectivity index is 3.37. The summed E-state index contributed by atoms with van der Waals surface area (Å²) in [5.74, 6) is -1.53. The Hall–Kier alpha value is -0.810. The van der Waals surface area contributed by atoms with Gasteiger partial charge < -0.3 is 14.9 Å². The van der Waals surface area contributed by atoms with Crippen LogP contribution in [-0.2, 0) is 6.61 Å². The van der Waals surface area contributed by atoms with Gasteiger partial charge >= 0.3 is 0 Å². The van der Waals surface area contributed by atoms with Gasteiger partial charge in [0, 0.05) is 5.56 Å². The Morgan fingerprint density at radius 1 is 1.62 bits per heavy atom. The highest BCUT2D eigenvalue weighted by molar-refractivity contribution is 9.10. The minimum absolute atomic E-state index is 0.0744. The quantitative estimate of drug-likeness (QED) is 0.842. The number of aliphatic hydroxyl groups is 1. The normalized spacial score (nSPS) is 10.2. The lowest BCUT2D eigenvalue weighted by atomic mass is 10.2. The van der Waals surface area contributed by atoms with Gasteiger partial charge in [0.05, 0.1) is 18.2 Å². The lowest BCUT2D eigenvalue weighted by Crippen LogP contribution is -1.94. The lowest BCUT2D eigenvalue weighted by molar-refractivity contribution is 0.271. The molecular weight excluding hydrogens is 243 g/mol. The molecule has 3 nitrogen and oxygen atoms in total. The van der Waals surface area contributed by atoms with E-state index in [0.29, 0.717) is 4.47 Å². The van der Waals surface area contributed by atoms with E-state index in [-0.39, 0.29) is 11.3 Å². The molecule has 5 heteroatoms. The van der Waals surface area contributed by atoms with Gasteiger partial charge in [-0.2, -0.15) is 4.39 Å². The van der Waals surface area contributed by atoms with Gasteiger partial charge in [-0.05, 0) is 22.0 Å². The summed E-state index contributed by atoms with van der Waals surface area (Å²) < 4.78 is 18.2. The van der Waals surface area contributed by atoms with Crippen LogP contribution < -0.4 is 4.74 Å². The van der Waals surface area contributed by atoms with Crippen molar-refractivity contribution in [3.05, 3.63) is 21.9 Å². The molecule has 0 unspecified atom stereocenters. The van der Waals surface area contributed by atoms with Gasteiger partial charge in [0.2, 0.25) is 5.82 Å². The number of aromatic hydroxyl groups is 1. The maximum absolute atomic E-state index is 13.2. The van der Waals surface area contributed by atoms with E-state index in [0.717, 1.165) is 0 Å². The highest BCUT2D eigenvalue weighted by Crippen LogP contribution is 2.36. The molecule has 0 atom stereocenters. The van der Waals surface area contributed by atoms with E-state index in [9.17, 15) is 9.50 Å². The third kappa shape index (κ3) is 1.76. The number of benzene rings is 1. The fraction of sp³-hybridized carbons (Fsp3) is 0.250. The predicted molar refractivity (Wildman–Crippen MR) is 48.2 cm³/mol. The van der Waals surface area contributed by atoms with Gasteiger partial charge in [-0.25, -0.2) is 0 Å². The average molecular weight is 251 g/mol. The molecule has 0 aliphatic carbocycles. The molecular formula is C8H8BrFO3. The molecule has 0 aliphatic heterocycles. The molecule has 0 bridgehead atoms. The van der Waals surface area contributed by atoms with Crippen LogP contribution in [0.4, 0.5) is 4.39 Å². The lowest BCUT2D eigenvalue weighted by Gasteiger charge is -2.08. The number of aliphatic hydroxyl groups excluding tert-OH is 1. The molecule has 1 aromatic rings. The van der Waals surface area contributed by atoms with E-state index in [1.807, 2.05) is 0 Å². The van der Waals surface area contributed by atoms with Crippen LogP contribution in [0.1, 0.15) is 5.56 Å². The molecule has 0 aromatic heterocycles. The molecule has 72 valence electrons. The maximum atomic E-state index is 13.2. The van der Waals surface area contributed by atoms with Gasteiger partial charge in [-0.1, -0.05) is 0 Å². The first kappa shape index (κ1) is 10.3. The first-order valence-electron chi connectivity index (χ1n) is 3.46. The minimum Gasteiger partial charge on any atom is -0.504 e. The Kier molecular flexibility index (Phi) is 3.11. The van der Waals surface area contributed by atoms with Crippen molar-refractivity contribution in [1.82, 2.24) is 0 Å². The summed E-state index contributed by atoms with van der Waals surface area (Å²) in [5, 5.41) is 17.9. The molecule has 0 aliphatic rings. The molecule has 0 fully saturated rings. The number of ether oxygens (including phenoxy) is 1. The summed E-state index contributed by atoms with van der Waals surface area (Å²) in [6, 6.07) is 1.40. The highest BCUT2D eigenvalue weighted by atomic mass is 79.9. The Labute approximate surface area is 82.9 Å².